The summed E-state index contributed by atoms with van der Waals surface area (Å²) in [7, 11) is -3.73. The predicted octanol–water partition coefficient (Wildman–Crippen LogP) is 2.11. The minimum atomic E-state index is -3.73. The molecule has 0 aliphatic carbocycles. The second-order valence-electron chi connectivity index (χ2n) is 6.32. The number of halogens is 2. The Morgan fingerprint density at radius 1 is 1.07 bits per heavy atom. The molecule has 0 spiro atoms. The Labute approximate surface area is 172 Å². The van der Waals surface area contributed by atoms with Crippen molar-refractivity contribution in [3.05, 3.63) is 58.1 Å². The number of nitrogens with one attached hydrogen (secondary N) is 1. The number of hydrogen-bond donors (Lipinski definition) is 2. The molecule has 1 saturated heterocycles. The Bertz CT molecular complexity index is 1030. The van der Waals surface area contributed by atoms with Gasteiger partial charge >= 0.3 is 0 Å². The number of hydrogen-bond acceptors (Lipinski definition) is 5. The minimum absolute atomic E-state index is 0.0399. The topological polar surface area (TPSA) is 110 Å². The monoisotopic (exact) mass is 441 g/mol. The first kappa shape index (κ1) is 20.8. The van der Waals surface area contributed by atoms with Crippen molar-refractivity contribution in [1.82, 2.24) is 5.32 Å². The number of benzene rings is 2. The largest absolute Gasteiger partial charge is 0.305 e. The van der Waals surface area contributed by atoms with Crippen LogP contribution in [0.2, 0.25) is 10.0 Å². The molecule has 0 bridgehead atoms. The third kappa shape index (κ3) is 4.53. The van der Waals surface area contributed by atoms with Crippen LogP contribution in [-0.2, 0) is 26.0 Å². The number of nitrogens with two attached hydrogens (primary N) is 1. The Morgan fingerprint density at radius 2 is 1.75 bits per heavy atom. The van der Waals surface area contributed by atoms with Crippen LogP contribution < -0.4 is 15.4 Å². The lowest BCUT2D eigenvalue weighted by molar-refractivity contribution is -0.121. The molecular weight excluding hydrogens is 425 g/mol. The van der Waals surface area contributed by atoms with Crippen LogP contribution in [0.15, 0.2) is 47.4 Å². The number of primary sulfonamides is 1. The van der Waals surface area contributed by atoms with E-state index in [1.165, 1.54) is 24.3 Å². The highest BCUT2D eigenvalue weighted by molar-refractivity contribution is 7.89. The maximum atomic E-state index is 12.6. The molecule has 7 nitrogen and oxygen atoms in total. The summed E-state index contributed by atoms with van der Waals surface area (Å²) < 4.78 is 22.5. The number of carbonyl (C=O) groups excluding carboxylic acids is 2. The van der Waals surface area contributed by atoms with Gasteiger partial charge in [-0.3, -0.25) is 9.59 Å². The van der Waals surface area contributed by atoms with Gasteiger partial charge < -0.3 is 5.32 Å². The second kappa shape index (κ2) is 8.18. The van der Waals surface area contributed by atoms with Gasteiger partial charge in [-0.25, -0.2) is 18.5 Å². The number of rotatable bonds is 6. The lowest BCUT2D eigenvalue weighted by Gasteiger charge is -2.16. The van der Waals surface area contributed by atoms with Crippen LogP contribution >= 0.6 is 23.2 Å². The Hall–Kier alpha value is -1.97. The molecule has 0 saturated carbocycles. The van der Waals surface area contributed by atoms with Gasteiger partial charge in [-0.15, -0.1) is 0 Å². The molecule has 2 amide bonds. The SMILES string of the molecule is NS(=O)(=O)c1ccc(CCN[C@@H]2CC(=O)N(c3ccc(Cl)c(Cl)c3)C2=O)cc1. The van der Waals surface area contributed by atoms with E-state index in [2.05, 4.69) is 5.32 Å². The van der Waals surface area contributed by atoms with Crippen LogP contribution in [0, 0.1) is 0 Å². The summed E-state index contributed by atoms with van der Waals surface area (Å²) in [5.74, 6) is -0.675. The van der Waals surface area contributed by atoms with Crippen molar-refractivity contribution in [2.75, 3.05) is 11.4 Å². The average molecular weight is 442 g/mol. The molecule has 148 valence electrons. The highest BCUT2D eigenvalue weighted by atomic mass is 35.5. The highest BCUT2D eigenvalue weighted by Gasteiger charge is 2.39. The van der Waals surface area contributed by atoms with E-state index in [0.29, 0.717) is 23.7 Å². The minimum Gasteiger partial charge on any atom is -0.305 e. The van der Waals surface area contributed by atoms with Gasteiger partial charge in [0, 0.05) is 0 Å². The zero-order chi connectivity index (χ0) is 20.5. The van der Waals surface area contributed by atoms with Crippen LogP contribution in [0.3, 0.4) is 0 Å². The fraction of sp³-hybridized carbons (Fsp3) is 0.222. The van der Waals surface area contributed by atoms with Gasteiger partial charge in [0.15, 0.2) is 0 Å². The summed E-state index contributed by atoms with van der Waals surface area (Å²) in [5, 5.41) is 8.74. The molecule has 1 fully saturated rings. The van der Waals surface area contributed by atoms with Gasteiger partial charge in [0.1, 0.15) is 0 Å². The van der Waals surface area contributed by atoms with Crippen molar-refractivity contribution in [2.45, 2.75) is 23.8 Å². The normalized spacial score (nSPS) is 17.4. The van der Waals surface area contributed by atoms with Gasteiger partial charge in [-0.2, -0.15) is 0 Å². The van der Waals surface area contributed by atoms with Gasteiger partial charge in [0.05, 0.1) is 33.1 Å². The maximum absolute atomic E-state index is 12.6. The van der Waals surface area contributed by atoms with E-state index < -0.39 is 16.1 Å². The molecule has 0 aromatic heterocycles. The third-order valence-corrected chi connectivity index (χ3v) is 6.03. The maximum Gasteiger partial charge on any atom is 0.251 e. The molecule has 0 unspecified atom stereocenters. The highest BCUT2D eigenvalue weighted by Crippen LogP contribution is 2.30. The van der Waals surface area contributed by atoms with Crippen LogP contribution in [0.4, 0.5) is 5.69 Å². The van der Waals surface area contributed by atoms with Gasteiger partial charge in [-0.05, 0) is 48.9 Å². The number of nitrogens with zero attached hydrogens (tertiary/aromatic N) is 1. The van der Waals surface area contributed by atoms with Crippen LogP contribution in [0.1, 0.15) is 12.0 Å². The molecule has 10 heteroatoms. The van der Waals surface area contributed by atoms with Crippen molar-refractivity contribution < 1.29 is 18.0 Å². The van der Waals surface area contributed by atoms with Crippen molar-refractivity contribution in [3.8, 4) is 0 Å². The van der Waals surface area contributed by atoms with Crippen LogP contribution in [-0.4, -0.2) is 32.8 Å². The summed E-state index contributed by atoms with van der Waals surface area (Å²) in [6.45, 7) is 0.438. The fourth-order valence-corrected chi connectivity index (χ4v) is 3.73. The molecule has 1 aliphatic rings. The number of imide groups is 1. The molecular formula is C18H17Cl2N3O4S. The van der Waals surface area contributed by atoms with E-state index in [0.717, 1.165) is 10.5 Å². The van der Waals surface area contributed by atoms with Crippen LogP contribution in [0.5, 0.6) is 0 Å². The first-order valence-corrected chi connectivity index (χ1v) is 10.6. The van der Waals surface area contributed by atoms with Crippen molar-refractivity contribution in [3.63, 3.8) is 0 Å². The van der Waals surface area contributed by atoms with Crippen molar-refractivity contribution in [1.29, 1.82) is 0 Å². The summed E-state index contributed by atoms with van der Waals surface area (Å²) in [6, 6.07) is 10.1. The molecule has 1 aliphatic heterocycles. The molecule has 3 rings (SSSR count). The molecule has 28 heavy (non-hydrogen) atoms. The molecule has 2 aromatic carbocycles. The molecule has 1 heterocycles. The van der Waals surface area contributed by atoms with E-state index >= 15 is 0 Å². The Morgan fingerprint density at radius 3 is 2.36 bits per heavy atom. The number of sulfonamides is 1. The zero-order valence-electron chi connectivity index (χ0n) is 14.6. The summed E-state index contributed by atoms with van der Waals surface area (Å²) in [5.41, 5.74) is 1.25. The fourth-order valence-electron chi connectivity index (χ4n) is 2.92. The summed E-state index contributed by atoms with van der Waals surface area (Å²) >= 11 is 11.8. The lowest BCUT2D eigenvalue weighted by atomic mass is 10.1. The van der Waals surface area contributed by atoms with Gasteiger partial charge in [0.25, 0.3) is 5.91 Å². The summed E-state index contributed by atoms with van der Waals surface area (Å²) in [4.78, 5) is 26.0. The predicted molar refractivity (Wildman–Crippen MR) is 107 cm³/mol. The van der Waals surface area contributed by atoms with E-state index in [-0.39, 0.29) is 28.2 Å². The zero-order valence-corrected chi connectivity index (χ0v) is 16.9. The van der Waals surface area contributed by atoms with Crippen molar-refractivity contribution in [2.24, 2.45) is 5.14 Å². The summed E-state index contributed by atoms with van der Waals surface area (Å²) in [6.07, 6.45) is 0.596. The van der Waals surface area contributed by atoms with Crippen LogP contribution in [0.25, 0.3) is 0 Å². The van der Waals surface area contributed by atoms with E-state index in [1.807, 2.05) is 0 Å². The molecule has 3 N–H and O–H groups in total. The first-order valence-electron chi connectivity index (χ1n) is 8.34. The Kier molecular flexibility index (Phi) is 6.07. The Balaban J connectivity index is 1.60. The van der Waals surface area contributed by atoms with Crippen molar-refractivity contribution >= 4 is 50.7 Å². The van der Waals surface area contributed by atoms with E-state index in [1.54, 1.807) is 18.2 Å². The average Bonchev–Trinajstić information content (AvgIpc) is 2.91. The molecule has 0 radical (unpaired) electrons. The molecule has 2 aromatic rings. The third-order valence-electron chi connectivity index (χ3n) is 4.36. The van der Waals surface area contributed by atoms with Gasteiger partial charge in [-0.1, -0.05) is 35.3 Å². The standard InChI is InChI=1S/C18H17Cl2N3O4S/c19-14-6-3-12(9-15(14)20)23-17(24)10-16(18(23)25)22-8-7-11-1-4-13(5-2-11)28(21,26)27/h1-6,9,16,22H,7-8,10H2,(H2,21,26,27)/t16-/m1/s1. The number of amides is 2. The van der Waals surface area contributed by atoms with E-state index in [4.69, 9.17) is 28.3 Å². The smallest absolute Gasteiger partial charge is 0.251 e. The lowest BCUT2D eigenvalue weighted by Crippen LogP contribution is -2.39. The second-order valence-corrected chi connectivity index (χ2v) is 8.69. The quantitative estimate of drug-likeness (QED) is 0.666. The molecule has 1 atom stereocenters. The first-order chi connectivity index (χ1) is 13.2. The number of anilines is 1. The number of carbonyl (C=O) groups is 2. The van der Waals surface area contributed by atoms with Gasteiger partial charge in [0.2, 0.25) is 15.9 Å². The van der Waals surface area contributed by atoms with E-state index in [9.17, 15) is 18.0 Å².